The third kappa shape index (κ3) is 4.95. The van der Waals surface area contributed by atoms with Crippen molar-refractivity contribution in [2.24, 2.45) is 0 Å². The van der Waals surface area contributed by atoms with Crippen LogP contribution in [0, 0.1) is 3.57 Å². The van der Waals surface area contributed by atoms with E-state index in [0.717, 1.165) is 9.13 Å². The monoisotopic (exact) mass is 425 g/mol. The maximum absolute atomic E-state index is 12.2. The van der Waals surface area contributed by atoms with E-state index in [0.29, 0.717) is 12.0 Å². The number of ether oxygens (including phenoxy) is 1. The number of esters is 1. The van der Waals surface area contributed by atoms with Gasteiger partial charge in [0.25, 0.3) is 5.91 Å². The lowest BCUT2D eigenvalue weighted by Crippen LogP contribution is -2.43. The largest absolute Gasteiger partial charge is 0.508 e. The second-order valence-corrected chi connectivity index (χ2v) is 6.17. The summed E-state index contributed by atoms with van der Waals surface area (Å²) >= 11 is 2.20. The van der Waals surface area contributed by atoms with Crippen LogP contribution in [0.1, 0.15) is 15.9 Å². The maximum Gasteiger partial charge on any atom is 0.328 e. The molecule has 0 aliphatic heterocycles. The van der Waals surface area contributed by atoms with Crippen molar-refractivity contribution < 1.29 is 19.4 Å². The fourth-order valence-corrected chi connectivity index (χ4v) is 2.41. The van der Waals surface area contributed by atoms with Gasteiger partial charge >= 0.3 is 5.97 Å². The Labute approximate surface area is 147 Å². The minimum absolute atomic E-state index is 0.0740. The van der Waals surface area contributed by atoms with Gasteiger partial charge in [0.1, 0.15) is 11.8 Å². The number of carbonyl (C=O) groups is 2. The van der Waals surface area contributed by atoms with Crippen LogP contribution in [0.2, 0.25) is 0 Å². The Bertz CT molecular complexity index is 683. The maximum atomic E-state index is 12.2. The van der Waals surface area contributed by atoms with Gasteiger partial charge in [-0.3, -0.25) is 4.79 Å². The number of benzene rings is 2. The van der Waals surface area contributed by atoms with Crippen LogP contribution in [-0.4, -0.2) is 30.1 Å². The van der Waals surface area contributed by atoms with Crippen molar-refractivity contribution in [2.45, 2.75) is 12.5 Å². The van der Waals surface area contributed by atoms with E-state index >= 15 is 0 Å². The summed E-state index contributed by atoms with van der Waals surface area (Å²) in [7, 11) is 1.29. The first-order valence-electron chi connectivity index (χ1n) is 6.92. The number of aromatic hydroxyl groups is 1. The predicted octanol–water partition coefficient (Wildman–Crippen LogP) is 2.51. The molecule has 0 unspecified atom stereocenters. The molecule has 0 fully saturated rings. The van der Waals surface area contributed by atoms with Crippen molar-refractivity contribution in [1.29, 1.82) is 0 Å². The fourth-order valence-electron chi connectivity index (χ4n) is 2.05. The summed E-state index contributed by atoms with van der Waals surface area (Å²) in [5, 5.41) is 11.9. The lowest BCUT2D eigenvalue weighted by Gasteiger charge is -2.17. The third-order valence-corrected chi connectivity index (χ3v) is 3.99. The van der Waals surface area contributed by atoms with Crippen molar-refractivity contribution in [3.8, 4) is 5.75 Å². The molecule has 0 heterocycles. The topological polar surface area (TPSA) is 75.6 Å². The van der Waals surface area contributed by atoms with E-state index in [1.54, 1.807) is 0 Å². The molecule has 0 saturated carbocycles. The Balaban J connectivity index is 2.12. The normalized spacial score (nSPS) is 11.6. The van der Waals surface area contributed by atoms with Gasteiger partial charge in [-0.2, -0.15) is 0 Å². The molecule has 5 nitrogen and oxygen atoms in total. The third-order valence-electron chi connectivity index (χ3n) is 3.27. The molecule has 2 aromatic carbocycles. The van der Waals surface area contributed by atoms with Crippen LogP contribution in [0.5, 0.6) is 5.75 Å². The summed E-state index contributed by atoms with van der Waals surface area (Å²) in [6.45, 7) is 0. The molecule has 120 valence electrons. The Hall–Kier alpha value is -2.09. The number of halogens is 1. The van der Waals surface area contributed by atoms with Crippen molar-refractivity contribution in [1.82, 2.24) is 5.32 Å². The Kier molecular flexibility index (Phi) is 5.97. The van der Waals surface area contributed by atoms with Gasteiger partial charge < -0.3 is 15.2 Å². The van der Waals surface area contributed by atoms with Crippen molar-refractivity contribution in [3.05, 3.63) is 63.2 Å². The highest BCUT2D eigenvalue weighted by Gasteiger charge is 2.22. The highest BCUT2D eigenvalue weighted by atomic mass is 127. The molecule has 0 radical (unpaired) electrons. The summed E-state index contributed by atoms with van der Waals surface area (Å²) in [6.07, 6.45) is 0.341. The molecule has 0 saturated heterocycles. The van der Waals surface area contributed by atoms with E-state index in [4.69, 9.17) is 4.74 Å². The molecule has 0 bridgehead atoms. The number of hydrogen-bond donors (Lipinski definition) is 2. The molecule has 0 aromatic heterocycles. The molecule has 0 aliphatic rings. The number of phenolic OH excluding ortho intramolecular Hbond substituents is 1. The predicted molar refractivity (Wildman–Crippen MR) is 94.2 cm³/mol. The number of rotatable bonds is 5. The minimum Gasteiger partial charge on any atom is -0.508 e. The summed E-state index contributed by atoms with van der Waals surface area (Å²) in [5.41, 5.74) is 1.28. The van der Waals surface area contributed by atoms with Crippen molar-refractivity contribution in [3.63, 3.8) is 0 Å². The average molecular weight is 425 g/mol. The van der Waals surface area contributed by atoms with Crippen molar-refractivity contribution in [2.75, 3.05) is 7.11 Å². The van der Waals surface area contributed by atoms with Gasteiger partial charge in [-0.05, 0) is 64.6 Å². The van der Waals surface area contributed by atoms with Crippen molar-refractivity contribution >= 4 is 34.5 Å². The van der Waals surface area contributed by atoms with E-state index in [1.165, 1.54) is 31.4 Å². The molecule has 1 atom stereocenters. The van der Waals surface area contributed by atoms with Crippen LogP contribution in [0.3, 0.4) is 0 Å². The van der Waals surface area contributed by atoms with Crippen LogP contribution in [0.25, 0.3) is 0 Å². The number of carbonyl (C=O) groups excluding carboxylic acids is 2. The lowest BCUT2D eigenvalue weighted by atomic mass is 10.1. The number of amides is 1. The lowest BCUT2D eigenvalue weighted by molar-refractivity contribution is -0.142. The molecule has 6 heteroatoms. The van der Waals surface area contributed by atoms with Crippen LogP contribution in [-0.2, 0) is 16.0 Å². The van der Waals surface area contributed by atoms with E-state index in [9.17, 15) is 14.7 Å². The second kappa shape index (κ2) is 7.96. The van der Waals surface area contributed by atoms with Gasteiger partial charge in [-0.25, -0.2) is 4.79 Å². The first-order valence-corrected chi connectivity index (χ1v) is 7.99. The Morgan fingerprint density at radius 1 is 1.13 bits per heavy atom. The Morgan fingerprint density at radius 2 is 1.74 bits per heavy atom. The van der Waals surface area contributed by atoms with Crippen LogP contribution >= 0.6 is 22.6 Å². The molecular weight excluding hydrogens is 409 g/mol. The molecule has 23 heavy (non-hydrogen) atoms. The van der Waals surface area contributed by atoms with Crippen LogP contribution in [0.15, 0.2) is 48.5 Å². The molecule has 2 rings (SSSR count). The van der Waals surface area contributed by atoms with Gasteiger partial charge in [-0.15, -0.1) is 0 Å². The quantitative estimate of drug-likeness (QED) is 0.571. The molecule has 0 spiro atoms. The van der Waals surface area contributed by atoms with Gasteiger partial charge in [0.15, 0.2) is 0 Å². The highest BCUT2D eigenvalue weighted by molar-refractivity contribution is 14.1. The number of methoxy groups -OCH3 is 1. The summed E-state index contributed by atoms with van der Waals surface area (Å²) in [6, 6.07) is 12.7. The SMILES string of the molecule is COC(=O)[C@@H](Cc1ccc(I)cc1)NC(=O)c1ccc(O)cc1. The molecule has 2 aromatic rings. The summed E-state index contributed by atoms with van der Waals surface area (Å²) in [4.78, 5) is 24.2. The number of phenols is 1. The zero-order valence-electron chi connectivity index (χ0n) is 12.5. The average Bonchev–Trinajstić information content (AvgIpc) is 2.56. The number of hydrogen-bond acceptors (Lipinski definition) is 4. The van der Waals surface area contributed by atoms with Crippen LogP contribution < -0.4 is 5.32 Å². The van der Waals surface area contributed by atoms with Gasteiger partial charge in [0, 0.05) is 15.6 Å². The van der Waals surface area contributed by atoms with E-state index < -0.39 is 17.9 Å². The minimum atomic E-state index is -0.777. The van der Waals surface area contributed by atoms with Gasteiger partial charge in [0.05, 0.1) is 7.11 Å². The summed E-state index contributed by atoms with van der Waals surface area (Å²) < 4.78 is 5.86. The van der Waals surface area contributed by atoms with Crippen LogP contribution in [0.4, 0.5) is 0 Å². The van der Waals surface area contributed by atoms with Gasteiger partial charge in [-0.1, -0.05) is 12.1 Å². The zero-order valence-corrected chi connectivity index (χ0v) is 14.6. The Morgan fingerprint density at radius 3 is 2.30 bits per heavy atom. The molecule has 1 amide bonds. The molecule has 2 N–H and O–H groups in total. The molecular formula is C17H16INO4. The smallest absolute Gasteiger partial charge is 0.328 e. The van der Waals surface area contributed by atoms with E-state index in [-0.39, 0.29) is 5.75 Å². The van der Waals surface area contributed by atoms with E-state index in [2.05, 4.69) is 27.9 Å². The van der Waals surface area contributed by atoms with E-state index in [1.807, 2.05) is 24.3 Å². The zero-order chi connectivity index (χ0) is 16.8. The standard InChI is InChI=1S/C17H16INO4/c1-23-17(22)15(10-11-2-6-13(18)7-3-11)19-16(21)12-4-8-14(20)9-5-12/h2-9,15,20H,10H2,1H3,(H,19,21)/t15-/m1/s1. The van der Waals surface area contributed by atoms with Gasteiger partial charge in [0.2, 0.25) is 0 Å². The first kappa shape index (κ1) is 17.3. The highest BCUT2D eigenvalue weighted by Crippen LogP contribution is 2.12. The molecule has 0 aliphatic carbocycles. The summed E-state index contributed by atoms with van der Waals surface area (Å²) in [5.74, 6) is -0.827. The fraction of sp³-hybridized carbons (Fsp3) is 0.176. The second-order valence-electron chi connectivity index (χ2n) is 4.93. The first-order chi connectivity index (χ1) is 11.0. The number of nitrogens with one attached hydrogen (secondary N) is 1.